The molecule has 0 aliphatic carbocycles. The molecular formula is C10H21N3O3. The van der Waals surface area contributed by atoms with Crippen molar-refractivity contribution >= 4 is 11.7 Å². The number of carbonyl (C=O) groups excluding carboxylic acids is 1. The van der Waals surface area contributed by atoms with Crippen LogP contribution in [-0.2, 0) is 9.47 Å². The van der Waals surface area contributed by atoms with Gasteiger partial charge in [0.1, 0.15) is 0 Å². The summed E-state index contributed by atoms with van der Waals surface area (Å²) >= 11 is 0. The molecule has 2 N–H and O–H groups in total. The van der Waals surface area contributed by atoms with Gasteiger partial charge in [0.05, 0.1) is 6.54 Å². The van der Waals surface area contributed by atoms with Gasteiger partial charge in [0, 0.05) is 18.9 Å². The average Bonchev–Trinajstić information content (AvgIpc) is 2.23. The van der Waals surface area contributed by atoms with Crippen LogP contribution >= 0.6 is 0 Å². The molecule has 0 unspecified atom stereocenters. The summed E-state index contributed by atoms with van der Waals surface area (Å²) in [7, 11) is 0. The lowest BCUT2D eigenvalue weighted by atomic mass is 10.5. The maximum absolute atomic E-state index is 11.2. The maximum atomic E-state index is 11.2. The first-order valence-electron chi connectivity index (χ1n) is 5.38. The van der Waals surface area contributed by atoms with Crippen molar-refractivity contribution in [2.45, 2.75) is 34.0 Å². The summed E-state index contributed by atoms with van der Waals surface area (Å²) < 4.78 is 10.5. The van der Waals surface area contributed by atoms with E-state index in [1.54, 1.807) is 13.8 Å². The zero-order valence-electron chi connectivity index (χ0n) is 10.4. The molecule has 0 radical (unpaired) electrons. The van der Waals surface area contributed by atoms with Gasteiger partial charge in [-0.05, 0) is 27.7 Å². The van der Waals surface area contributed by atoms with Crippen molar-refractivity contribution in [1.29, 1.82) is 0 Å². The fraction of sp³-hybridized carbons (Fsp3) is 0.800. The second-order valence-electron chi connectivity index (χ2n) is 3.22. The molecule has 0 fully saturated rings. The molecule has 0 aromatic rings. The minimum Gasteiger partial charge on any atom is -0.351 e. The second kappa shape index (κ2) is 9.11. The number of nitrogens with zero attached hydrogens (tertiary/aromatic N) is 1. The second-order valence-corrected chi connectivity index (χ2v) is 3.22. The van der Waals surface area contributed by atoms with Crippen LogP contribution in [0.2, 0.25) is 0 Å². The van der Waals surface area contributed by atoms with E-state index in [4.69, 9.17) is 9.47 Å². The summed E-state index contributed by atoms with van der Waals surface area (Å²) in [5.41, 5.74) is 3.13. The molecule has 0 heterocycles. The van der Waals surface area contributed by atoms with E-state index in [0.717, 1.165) is 5.71 Å². The fourth-order valence-corrected chi connectivity index (χ4v) is 0.916. The zero-order chi connectivity index (χ0) is 12.4. The van der Waals surface area contributed by atoms with Crippen LogP contribution in [0.25, 0.3) is 0 Å². The molecule has 0 aliphatic rings. The SMILES string of the molecule is CCOC(CNC(=O)NN=C(C)C)OCC. The highest BCUT2D eigenvalue weighted by molar-refractivity contribution is 5.81. The Morgan fingerprint density at radius 1 is 1.25 bits per heavy atom. The lowest BCUT2D eigenvalue weighted by Gasteiger charge is -2.16. The molecule has 0 aromatic heterocycles. The Morgan fingerprint density at radius 2 is 1.81 bits per heavy atom. The van der Waals surface area contributed by atoms with Gasteiger partial charge >= 0.3 is 6.03 Å². The van der Waals surface area contributed by atoms with Crippen molar-refractivity contribution in [3.05, 3.63) is 0 Å². The number of urea groups is 1. The molecule has 0 rings (SSSR count). The molecule has 0 aliphatic heterocycles. The molecule has 0 bridgehead atoms. The summed E-state index contributed by atoms with van der Waals surface area (Å²) in [6, 6.07) is -0.370. The van der Waals surface area contributed by atoms with Gasteiger partial charge in [0.2, 0.25) is 0 Å². The number of carbonyl (C=O) groups is 1. The minimum absolute atomic E-state index is 0.297. The summed E-state index contributed by atoms with van der Waals surface area (Å²) in [4.78, 5) is 11.2. The molecule has 0 aromatic carbocycles. The molecule has 2 amide bonds. The Kier molecular flexibility index (Phi) is 8.46. The van der Waals surface area contributed by atoms with Gasteiger partial charge in [0.15, 0.2) is 6.29 Å². The van der Waals surface area contributed by atoms with Crippen molar-refractivity contribution in [2.24, 2.45) is 5.10 Å². The van der Waals surface area contributed by atoms with Crippen LogP contribution in [0.3, 0.4) is 0 Å². The predicted molar refractivity (Wildman–Crippen MR) is 62.4 cm³/mol. The summed E-state index contributed by atoms with van der Waals surface area (Å²) in [6.07, 6.45) is -0.410. The number of hydrogen-bond acceptors (Lipinski definition) is 4. The molecular weight excluding hydrogens is 210 g/mol. The van der Waals surface area contributed by atoms with Crippen LogP contribution in [0.15, 0.2) is 5.10 Å². The molecule has 6 heteroatoms. The number of hydrogen-bond donors (Lipinski definition) is 2. The first-order valence-corrected chi connectivity index (χ1v) is 5.38. The third-order valence-electron chi connectivity index (χ3n) is 1.52. The van der Waals surface area contributed by atoms with Gasteiger partial charge in [-0.15, -0.1) is 0 Å². The van der Waals surface area contributed by atoms with Crippen LogP contribution < -0.4 is 10.7 Å². The quantitative estimate of drug-likeness (QED) is 0.391. The van der Waals surface area contributed by atoms with Crippen molar-refractivity contribution < 1.29 is 14.3 Å². The van der Waals surface area contributed by atoms with Gasteiger partial charge in [-0.1, -0.05) is 0 Å². The third kappa shape index (κ3) is 8.19. The molecule has 0 spiro atoms. The van der Waals surface area contributed by atoms with Crippen molar-refractivity contribution in [3.63, 3.8) is 0 Å². The normalized spacial score (nSPS) is 10.1. The molecule has 6 nitrogen and oxygen atoms in total. The van der Waals surface area contributed by atoms with E-state index in [9.17, 15) is 4.79 Å². The summed E-state index contributed by atoms with van der Waals surface area (Å²) in [6.45, 7) is 8.72. The largest absolute Gasteiger partial charge is 0.351 e. The molecule has 0 saturated carbocycles. The summed E-state index contributed by atoms with van der Waals surface area (Å²) in [5.74, 6) is 0. The van der Waals surface area contributed by atoms with E-state index >= 15 is 0 Å². The topological polar surface area (TPSA) is 72.0 Å². The van der Waals surface area contributed by atoms with Crippen LogP contribution in [0.4, 0.5) is 4.79 Å². The molecule has 16 heavy (non-hydrogen) atoms. The highest BCUT2D eigenvalue weighted by atomic mass is 16.7. The highest BCUT2D eigenvalue weighted by Crippen LogP contribution is 1.92. The number of rotatable bonds is 7. The number of ether oxygens (including phenoxy) is 2. The average molecular weight is 231 g/mol. The standard InChI is InChI=1S/C10H21N3O3/c1-5-15-9(16-6-2)7-11-10(14)13-12-8(3)4/h9H,5-7H2,1-4H3,(H2,11,13,14). The van der Waals surface area contributed by atoms with E-state index in [2.05, 4.69) is 15.8 Å². The smallest absolute Gasteiger partial charge is 0.335 e. The van der Waals surface area contributed by atoms with Gasteiger partial charge in [-0.25, -0.2) is 10.2 Å². The Hall–Kier alpha value is -1.14. The van der Waals surface area contributed by atoms with E-state index in [-0.39, 0.29) is 6.03 Å². The lowest BCUT2D eigenvalue weighted by molar-refractivity contribution is -0.131. The number of amides is 2. The third-order valence-corrected chi connectivity index (χ3v) is 1.52. The Morgan fingerprint density at radius 3 is 2.25 bits per heavy atom. The first kappa shape index (κ1) is 14.9. The van der Waals surface area contributed by atoms with Crippen LogP contribution in [0.1, 0.15) is 27.7 Å². The molecule has 0 atom stereocenters. The highest BCUT2D eigenvalue weighted by Gasteiger charge is 2.09. The number of nitrogens with one attached hydrogen (secondary N) is 2. The van der Waals surface area contributed by atoms with E-state index in [1.165, 1.54) is 0 Å². The van der Waals surface area contributed by atoms with E-state index in [0.29, 0.717) is 19.8 Å². The van der Waals surface area contributed by atoms with Gasteiger partial charge in [0.25, 0.3) is 0 Å². The fourth-order valence-electron chi connectivity index (χ4n) is 0.916. The summed E-state index contributed by atoms with van der Waals surface area (Å²) in [5, 5.41) is 6.37. The minimum atomic E-state index is -0.410. The van der Waals surface area contributed by atoms with Crippen LogP contribution in [0.5, 0.6) is 0 Å². The Balaban J connectivity index is 3.81. The van der Waals surface area contributed by atoms with Crippen LogP contribution in [0, 0.1) is 0 Å². The van der Waals surface area contributed by atoms with Crippen molar-refractivity contribution in [2.75, 3.05) is 19.8 Å². The first-order chi connectivity index (χ1) is 7.60. The molecule has 0 saturated heterocycles. The Bertz CT molecular complexity index is 221. The van der Waals surface area contributed by atoms with Gasteiger partial charge < -0.3 is 14.8 Å². The monoisotopic (exact) mass is 231 g/mol. The molecule has 94 valence electrons. The van der Waals surface area contributed by atoms with Gasteiger partial charge in [-0.2, -0.15) is 5.10 Å². The lowest BCUT2D eigenvalue weighted by Crippen LogP contribution is -2.39. The Labute approximate surface area is 96.4 Å². The van der Waals surface area contributed by atoms with E-state index in [1.807, 2.05) is 13.8 Å². The van der Waals surface area contributed by atoms with Crippen molar-refractivity contribution in [1.82, 2.24) is 10.7 Å². The number of hydrazone groups is 1. The predicted octanol–water partition coefficient (Wildman–Crippen LogP) is 1.08. The van der Waals surface area contributed by atoms with E-state index < -0.39 is 6.29 Å². The zero-order valence-corrected chi connectivity index (χ0v) is 10.4. The maximum Gasteiger partial charge on any atom is 0.335 e. The van der Waals surface area contributed by atoms with Crippen LogP contribution in [-0.4, -0.2) is 37.8 Å². The van der Waals surface area contributed by atoms with Crippen molar-refractivity contribution in [3.8, 4) is 0 Å². The van der Waals surface area contributed by atoms with Gasteiger partial charge in [-0.3, -0.25) is 0 Å².